The molecule has 2 rings (SSSR count). The van der Waals surface area contributed by atoms with Gasteiger partial charge in [-0.1, -0.05) is 0 Å². The number of piperidine rings is 1. The number of ether oxygens (including phenoxy) is 1. The van der Waals surface area contributed by atoms with Crippen molar-refractivity contribution in [1.82, 2.24) is 10.2 Å². The Morgan fingerprint density at radius 2 is 1.79 bits per heavy atom. The van der Waals surface area contributed by atoms with Crippen molar-refractivity contribution in [2.24, 2.45) is 5.92 Å². The van der Waals surface area contributed by atoms with Gasteiger partial charge < -0.3 is 15.0 Å². The molecular formula is C14H27ClN2O2. The second-order valence-corrected chi connectivity index (χ2v) is 5.77. The first kappa shape index (κ1) is 16.7. The highest BCUT2D eigenvalue weighted by Gasteiger charge is 2.29. The van der Waals surface area contributed by atoms with E-state index < -0.39 is 0 Å². The van der Waals surface area contributed by atoms with E-state index in [0.29, 0.717) is 25.5 Å². The minimum Gasteiger partial charge on any atom is -0.377 e. The van der Waals surface area contributed by atoms with Gasteiger partial charge in [-0.25, -0.2) is 0 Å². The highest BCUT2D eigenvalue weighted by Crippen LogP contribution is 2.21. The minimum atomic E-state index is 0. The van der Waals surface area contributed by atoms with Gasteiger partial charge in [0.25, 0.3) is 0 Å². The topological polar surface area (TPSA) is 41.6 Å². The SMILES string of the molecule is CC1COCC(C)N1C(=O)CCC1CCNCC1.Cl. The van der Waals surface area contributed by atoms with Crippen LogP contribution >= 0.6 is 12.4 Å². The smallest absolute Gasteiger partial charge is 0.223 e. The molecule has 0 aliphatic carbocycles. The summed E-state index contributed by atoms with van der Waals surface area (Å²) in [4.78, 5) is 14.3. The van der Waals surface area contributed by atoms with E-state index in [4.69, 9.17) is 4.74 Å². The van der Waals surface area contributed by atoms with Crippen molar-refractivity contribution in [3.63, 3.8) is 0 Å². The van der Waals surface area contributed by atoms with Crippen LogP contribution in [0.3, 0.4) is 0 Å². The number of amides is 1. The fraction of sp³-hybridized carbons (Fsp3) is 0.929. The molecule has 2 unspecified atom stereocenters. The number of halogens is 1. The van der Waals surface area contributed by atoms with Crippen molar-refractivity contribution >= 4 is 18.3 Å². The van der Waals surface area contributed by atoms with Crippen LogP contribution < -0.4 is 5.32 Å². The van der Waals surface area contributed by atoms with Crippen LogP contribution in [0.4, 0.5) is 0 Å². The van der Waals surface area contributed by atoms with E-state index in [-0.39, 0.29) is 24.5 Å². The molecule has 0 radical (unpaired) electrons. The van der Waals surface area contributed by atoms with Gasteiger partial charge in [-0.2, -0.15) is 0 Å². The zero-order chi connectivity index (χ0) is 13.0. The van der Waals surface area contributed by atoms with Gasteiger partial charge in [0.2, 0.25) is 5.91 Å². The van der Waals surface area contributed by atoms with Crippen LogP contribution in [0.15, 0.2) is 0 Å². The second-order valence-electron chi connectivity index (χ2n) is 5.77. The molecule has 2 aliphatic heterocycles. The molecule has 19 heavy (non-hydrogen) atoms. The third-order valence-electron chi connectivity index (χ3n) is 4.18. The second kappa shape index (κ2) is 8.08. The average molecular weight is 291 g/mol. The van der Waals surface area contributed by atoms with Crippen LogP contribution in [0, 0.1) is 5.92 Å². The Labute approximate surface area is 122 Å². The van der Waals surface area contributed by atoms with Crippen LogP contribution in [-0.2, 0) is 9.53 Å². The molecule has 2 atom stereocenters. The predicted octanol–water partition coefficient (Wildman–Crippen LogP) is 1.82. The lowest BCUT2D eigenvalue weighted by Crippen LogP contribution is -2.52. The number of carbonyl (C=O) groups is 1. The molecule has 0 aromatic rings. The van der Waals surface area contributed by atoms with Gasteiger partial charge in [0.1, 0.15) is 0 Å². The van der Waals surface area contributed by atoms with Gasteiger partial charge in [0.05, 0.1) is 25.3 Å². The van der Waals surface area contributed by atoms with Gasteiger partial charge in [0, 0.05) is 6.42 Å². The van der Waals surface area contributed by atoms with Crippen LogP contribution in [0.5, 0.6) is 0 Å². The lowest BCUT2D eigenvalue weighted by atomic mass is 9.92. The Balaban J connectivity index is 0.00000180. The quantitative estimate of drug-likeness (QED) is 0.862. The molecule has 2 fully saturated rings. The highest BCUT2D eigenvalue weighted by atomic mass is 35.5. The molecule has 112 valence electrons. The molecule has 1 amide bonds. The van der Waals surface area contributed by atoms with E-state index in [0.717, 1.165) is 25.4 Å². The fourth-order valence-corrected chi connectivity index (χ4v) is 3.12. The van der Waals surface area contributed by atoms with E-state index in [1.54, 1.807) is 0 Å². The van der Waals surface area contributed by atoms with Crippen molar-refractivity contribution in [1.29, 1.82) is 0 Å². The summed E-state index contributed by atoms with van der Waals surface area (Å²) in [7, 11) is 0. The van der Waals surface area contributed by atoms with Gasteiger partial charge in [0.15, 0.2) is 0 Å². The minimum absolute atomic E-state index is 0. The first-order valence-corrected chi connectivity index (χ1v) is 7.28. The molecule has 0 aromatic carbocycles. The normalized spacial score (nSPS) is 28.8. The summed E-state index contributed by atoms with van der Waals surface area (Å²) in [6.07, 6.45) is 4.21. The molecule has 2 heterocycles. The maximum Gasteiger partial charge on any atom is 0.223 e. The third kappa shape index (κ3) is 4.62. The van der Waals surface area contributed by atoms with Gasteiger partial charge in [-0.15, -0.1) is 12.4 Å². The summed E-state index contributed by atoms with van der Waals surface area (Å²) in [6.45, 7) is 7.76. The average Bonchev–Trinajstić information content (AvgIpc) is 2.37. The van der Waals surface area contributed by atoms with Crippen LogP contribution in [0.1, 0.15) is 39.5 Å². The number of carbonyl (C=O) groups excluding carboxylic acids is 1. The zero-order valence-corrected chi connectivity index (χ0v) is 12.9. The summed E-state index contributed by atoms with van der Waals surface area (Å²) in [5.74, 6) is 1.05. The molecule has 5 heteroatoms. The summed E-state index contributed by atoms with van der Waals surface area (Å²) >= 11 is 0. The Morgan fingerprint density at radius 1 is 1.21 bits per heavy atom. The standard InChI is InChI=1S/C14H26N2O2.ClH/c1-11-9-18-10-12(2)16(11)14(17)4-3-13-5-7-15-8-6-13;/h11-13,15H,3-10H2,1-2H3;1H. The summed E-state index contributed by atoms with van der Waals surface area (Å²) in [6, 6.07) is 0.462. The molecule has 4 nitrogen and oxygen atoms in total. The van der Waals surface area contributed by atoms with E-state index >= 15 is 0 Å². The molecule has 0 spiro atoms. The summed E-state index contributed by atoms with van der Waals surface area (Å²) in [5, 5.41) is 3.37. The largest absolute Gasteiger partial charge is 0.377 e. The van der Waals surface area contributed by atoms with Crippen LogP contribution in [-0.4, -0.2) is 49.2 Å². The Hall–Kier alpha value is -0.320. The third-order valence-corrected chi connectivity index (χ3v) is 4.18. The number of hydrogen-bond acceptors (Lipinski definition) is 3. The summed E-state index contributed by atoms with van der Waals surface area (Å²) in [5.41, 5.74) is 0. The van der Waals surface area contributed by atoms with Gasteiger partial charge in [-0.05, 0) is 52.1 Å². The van der Waals surface area contributed by atoms with Crippen molar-refractivity contribution in [3.05, 3.63) is 0 Å². The first-order valence-electron chi connectivity index (χ1n) is 7.28. The van der Waals surface area contributed by atoms with Crippen molar-refractivity contribution in [2.75, 3.05) is 26.3 Å². The van der Waals surface area contributed by atoms with Gasteiger partial charge in [-0.3, -0.25) is 4.79 Å². The Bertz CT molecular complexity index is 273. The van der Waals surface area contributed by atoms with Gasteiger partial charge >= 0.3 is 0 Å². The number of morpholine rings is 1. The van der Waals surface area contributed by atoms with Crippen molar-refractivity contribution in [2.45, 2.75) is 51.6 Å². The number of nitrogens with zero attached hydrogens (tertiary/aromatic N) is 1. The first-order chi connectivity index (χ1) is 8.68. The Kier molecular flexibility index (Phi) is 7.11. The van der Waals surface area contributed by atoms with Crippen molar-refractivity contribution < 1.29 is 9.53 Å². The van der Waals surface area contributed by atoms with E-state index in [1.807, 2.05) is 4.90 Å². The van der Waals surface area contributed by atoms with Crippen LogP contribution in [0.25, 0.3) is 0 Å². The molecule has 1 N–H and O–H groups in total. The number of hydrogen-bond donors (Lipinski definition) is 1. The predicted molar refractivity (Wildman–Crippen MR) is 78.7 cm³/mol. The fourth-order valence-electron chi connectivity index (χ4n) is 3.12. The lowest BCUT2D eigenvalue weighted by Gasteiger charge is -2.39. The highest BCUT2D eigenvalue weighted by molar-refractivity contribution is 5.85. The molecule has 0 aromatic heterocycles. The zero-order valence-electron chi connectivity index (χ0n) is 12.1. The molecule has 0 bridgehead atoms. The lowest BCUT2D eigenvalue weighted by molar-refractivity contribution is -0.144. The number of rotatable bonds is 3. The van der Waals surface area contributed by atoms with E-state index in [9.17, 15) is 4.79 Å². The van der Waals surface area contributed by atoms with E-state index in [1.165, 1.54) is 12.8 Å². The van der Waals surface area contributed by atoms with Crippen molar-refractivity contribution in [3.8, 4) is 0 Å². The maximum atomic E-state index is 12.3. The Morgan fingerprint density at radius 3 is 2.37 bits per heavy atom. The molecule has 2 saturated heterocycles. The molecule has 0 saturated carbocycles. The molecular weight excluding hydrogens is 264 g/mol. The van der Waals surface area contributed by atoms with Crippen LogP contribution in [0.2, 0.25) is 0 Å². The number of nitrogens with one attached hydrogen (secondary N) is 1. The molecule has 2 aliphatic rings. The summed E-state index contributed by atoms with van der Waals surface area (Å²) < 4.78 is 5.47. The van der Waals surface area contributed by atoms with E-state index in [2.05, 4.69) is 19.2 Å². The monoisotopic (exact) mass is 290 g/mol. The maximum absolute atomic E-state index is 12.3.